The molecule has 0 bridgehead atoms. The lowest BCUT2D eigenvalue weighted by atomic mass is 9.97. The fraction of sp³-hybridized carbons (Fsp3) is 0.417. The highest BCUT2D eigenvalue weighted by atomic mass is 35.5. The number of likely N-dealkylation sites (tertiary alicyclic amines) is 1. The molecule has 0 saturated carbocycles. The van der Waals surface area contributed by atoms with E-state index in [4.69, 9.17) is 11.6 Å². The van der Waals surface area contributed by atoms with Crippen LogP contribution in [0.2, 0.25) is 5.02 Å². The van der Waals surface area contributed by atoms with Gasteiger partial charge in [-0.1, -0.05) is 17.7 Å². The van der Waals surface area contributed by atoms with E-state index in [2.05, 4.69) is 0 Å². The second-order valence-corrected chi connectivity index (χ2v) is 4.67. The highest BCUT2D eigenvalue weighted by Gasteiger charge is 2.29. The van der Waals surface area contributed by atoms with Gasteiger partial charge in [0.15, 0.2) is 5.78 Å². The number of carbonyl (C=O) groups excluding carboxylic acids is 1. The van der Waals surface area contributed by atoms with Gasteiger partial charge in [-0.05, 0) is 25.6 Å². The van der Waals surface area contributed by atoms with Crippen LogP contribution in [0.15, 0.2) is 18.2 Å². The lowest BCUT2D eigenvalue weighted by Gasteiger charge is -2.11. The zero-order chi connectivity index (χ0) is 11.7. The molecule has 16 heavy (non-hydrogen) atoms. The molecule has 0 aromatic heterocycles. The maximum absolute atomic E-state index is 13.5. The summed E-state index contributed by atoms with van der Waals surface area (Å²) in [6.45, 7) is 1.14. The molecule has 0 radical (unpaired) electrons. The molecular weight excluding hydrogens is 229 g/mol. The predicted octanol–water partition coefficient (Wildman–Crippen LogP) is 2.15. The van der Waals surface area contributed by atoms with Gasteiger partial charge in [0.25, 0.3) is 0 Å². The van der Waals surface area contributed by atoms with Crippen LogP contribution in [0.1, 0.15) is 5.56 Å². The quantitative estimate of drug-likeness (QED) is 0.791. The second-order valence-electron chi connectivity index (χ2n) is 4.26. The summed E-state index contributed by atoms with van der Waals surface area (Å²) in [5.41, 5.74) is 0.456. The van der Waals surface area contributed by atoms with Gasteiger partial charge in [-0.3, -0.25) is 9.69 Å². The van der Waals surface area contributed by atoms with E-state index in [9.17, 15) is 9.18 Å². The lowest BCUT2D eigenvalue weighted by Crippen LogP contribution is -2.16. The molecule has 0 aliphatic carbocycles. The predicted molar refractivity (Wildman–Crippen MR) is 61.1 cm³/mol. The molecule has 1 aliphatic heterocycles. The van der Waals surface area contributed by atoms with Gasteiger partial charge in [-0.25, -0.2) is 4.39 Å². The number of hydrogen-bond donors (Lipinski definition) is 0. The zero-order valence-electron chi connectivity index (χ0n) is 9.04. The number of Topliss-reactive ketones (excluding diaryl/α,β-unsaturated/α-hetero) is 1. The monoisotopic (exact) mass is 241 g/mol. The van der Waals surface area contributed by atoms with Crippen molar-refractivity contribution in [3.05, 3.63) is 34.6 Å². The third-order valence-corrected chi connectivity index (χ3v) is 3.28. The Morgan fingerprint density at radius 3 is 2.88 bits per heavy atom. The first-order valence-electron chi connectivity index (χ1n) is 5.22. The molecule has 2 rings (SSSR count). The topological polar surface area (TPSA) is 20.3 Å². The molecule has 1 atom stereocenters. The highest BCUT2D eigenvalue weighted by Crippen LogP contribution is 2.24. The van der Waals surface area contributed by atoms with Crippen molar-refractivity contribution in [3.8, 4) is 0 Å². The molecule has 0 amide bonds. The third kappa shape index (κ3) is 2.25. The molecular formula is C12H13ClFNO. The normalized spacial score (nSPS) is 21.7. The van der Waals surface area contributed by atoms with Crippen LogP contribution >= 0.6 is 11.6 Å². The van der Waals surface area contributed by atoms with Crippen molar-refractivity contribution in [3.63, 3.8) is 0 Å². The van der Waals surface area contributed by atoms with Gasteiger partial charge < -0.3 is 0 Å². The molecule has 1 saturated heterocycles. The molecule has 1 aromatic rings. The number of rotatable bonds is 2. The summed E-state index contributed by atoms with van der Waals surface area (Å²) < 4.78 is 13.5. The van der Waals surface area contributed by atoms with Crippen molar-refractivity contribution in [1.29, 1.82) is 0 Å². The lowest BCUT2D eigenvalue weighted by molar-refractivity contribution is -0.119. The summed E-state index contributed by atoms with van der Waals surface area (Å²) in [4.78, 5) is 13.6. The number of nitrogens with zero attached hydrogens (tertiary/aromatic N) is 1. The summed E-state index contributed by atoms with van der Waals surface area (Å²) >= 11 is 5.93. The van der Waals surface area contributed by atoms with Crippen molar-refractivity contribution in [1.82, 2.24) is 4.90 Å². The van der Waals surface area contributed by atoms with Crippen LogP contribution < -0.4 is 0 Å². The van der Waals surface area contributed by atoms with Crippen molar-refractivity contribution < 1.29 is 9.18 Å². The molecule has 1 aliphatic rings. The van der Waals surface area contributed by atoms with Crippen LogP contribution in [0.5, 0.6) is 0 Å². The van der Waals surface area contributed by atoms with Gasteiger partial charge in [0.05, 0.1) is 6.54 Å². The van der Waals surface area contributed by atoms with Gasteiger partial charge in [0.1, 0.15) is 5.82 Å². The number of likely N-dealkylation sites (N-methyl/N-ethyl adjacent to an activating group) is 1. The molecule has 1 heterocycles. The van der Waals surface area contributed by atoms with Crippen LogP contribution in [0.3, 0.4) is 0 Å². The summed E-state index contributed by atoms with van der Waals surface area (Å²) in [6, 6.07) is 4.61. The Morgan fingerprint density at radius 1 is 1.56 bits per heavy atom. The largest absolute Gasteiger partial charge is 0.298 e. The van der Waals surface area contributed by atoms with Crippen molar-refractivity contribution >= 4 is 17.4 Å². The second kappa shape index (κ2) is 4.52. The van der Waals surface area contributed by atoms with Crippen LogP contribution in [0, 0.1) is 11.7 Å². The zero-order valence-corrected chi connectivity index (χ0v) is 9.80. The Hall–Kier alpha value is -0.930. The third-order valence-electron chi connectivity index (χ3n) is 2.93. The van der Waals surface area contributed by atoms with E-state index in [0.717, 1.165) is 0 Å². The molecule has 1 unspecified atom stereocenters. The molecule has 2 nitrogen and oxygen atoms in total. The summed E-state index contributed by atoms with van der Waals surface area (Å²) in [5.74, 6) is -0.281. The van der Waals surface area contributed by atoms with Crippen LogP contribution in [-0.4, -0.2) is 30.8 Å². The maximum Gasteiger partial charge on any atom is 0.151 e. The first kappa shape index (κ1) is 11.6. The number of ketones is 1. The van der Waals surface area contributed by atoms with Gasteiger partial charge in [-0.15, -0.1) is 0 Å². The summed E-state index contributed by atoms with van der Waals surface area (Å²) in [6.07, 6.45) is 0.397. The van der Waals surface area contributed by atoms with Crippen LogP contribution in [0.4, 0.5) is 4.39 Å². The van der Waals surface area contributed by atoms with Crippen LogP contribution in [-0.2, 0) is 11.2 Å². The number of benzene rings is 1. The Bertz CT molecular complexity index is 401. The fourth-order valence-electron chi connectivity index (χ4n) is 2.09. The van der Waals surface area contributed by atoms with Crippen molar-refractivity contribution in [2.45, 2.75) is 6.42 Å². The number of halogens is 2. The molecule has 86 valence electrons. The Morgan fingerprint density at radius 2 is 2.31 bits per heavy atom. The Kier molecular flexibility index (Phi) is 3.26. The van der Waals surface area contributed by atoms with E-state index in [0.29, 0.717) is 30.1 Å². The number of carbonyl (C=O) groups is 1. The molecule has 4 heteroatoms. The molecule has 0 N–H and O–H groups in total. The van der Waals surface area contributed by atoms with E-state index in [-0.39, 0.29) is 17.5 Å². The molecule has 1 fully saturated rings. The van der Waals surface area contributed by atoms with E-state index < -0.39 is 0 Å². The summed E-state index contributed by atoms with van der Waals surface area (Å²) in [7, 11) is 1.89. The van der Waals surface area contributed by atoms with Crippen LogP contribution in [0.25, 0.3) is 0 Å². The highest BCUT2D eigenvalue weighted by molar-refractivity contribution is 6.31. The van der Waals surface area contributed by atoms with E-state index in [1.165, 1.54) is 6.07 Å². The first-order chi connectivity index (χ1) is 7.58. The fourth-order valence-corrected chi connectivity index (χ4v) is 2.33. The van der Waals surface area contributed by atoms with Crippen molar-refractivity contribution in [2.75, 3.05) is 20.1 Å². The number of hydrogen-bond acceptors (Lipinski definition) is 2. The van der Waals surface area contributed by atoms with Gasteiger partial charge >= 0.3 is 0 Å². The Labute approximate surface area is 99.0 Å². The first-order valence-corrected chi connectivity index (χ1v) is 5.60. The minimum atomic E-state index is -0.324. The molecule has 1 aromatic carbocycles. The smallest absolute Gasteiger partial charge is 0.151 e. The van der Waals surface area contributed by atoms with E-state index >= 15 is 0 Å². The minimum Gasteiger partial charge on any atom is -0.298 e. The standard InChI is InChI=1S/C12H13ClFNO/c1-15-6-8(12(16)7-15)5-9-10(13)3-2-4-11(9)14/h2-4,8H,5-7H2,1H3. The SMILES string of the molecule is CN1CC(=O)C(Cc2c(F)cccc2Cl)C1. The van der Waals surface area contributed by atoms with Gasteiger partial charge in [0, 0.05) is 23.0 Å². The average Bonchev–Trinajstić information content (AvgIpc) is 2.51. The molecule has 0 spiro atoms. The summed E-state index contributed by atoms with van der Waals surface area (Å²) in [5, 5.41) is 0.405. The van der Waals surface area contributed by atoms with E-state index in [1.807, 2.05) is 11.9 Å². The van der Waals surface area contributed by atoms with Gasteiger partial charge in [0.2, 0.25) is 0 Å². The maximum atomic E-state index is 13.5. The minimum absolute atomic E-state index is 0.126. The van der Waals surface area contributed by atoms with E-state index in [1.54, 1.807) is 12.1 Å². The van der Waals surface area contributed by atoms with Crippen molar-refractivity contribution in [2.24, 2.45) is 5.92 Å². The van der Waals surface area contributed by atoms with Gasteiger partial charge in [-0.2, -0.15) is 0 Å². The average molecular weight is 242 g/mol. The Balaban J connectivity index is 2.18.